The van der Waals surface area contributed by atoms with Gasteiger partial charge < -0.3 is 29.3 Å². The van der Waals surface area contributed by atoms with Crippen LogP contribution in [0.2, 0.25) is 5.02 Å². The topological polar surface area (TPSA) is 128 Å². The van der Waals surface area contributed by atoms with Crippen molar-refractivity contribution in [2.45, 2.75) is 69.9 Å². The first-order chi connectivity index (χ1) is 25.2. The first-order valence-electron chi connectivity index (χ1n) is 18.1. The van der Waals surface area contributed by atoms with Crippen molar-refractivity contribution in [1.82, 2.24) is 14.8 Å². The van der Waals surface area contributed by atoms with Gasteiger partial charge in [-0.05, 0) is 61.6 Å². The van der Waals surface area contributed by atoms with E-state index in [-0.39, 0.29) is 25.2 Å². The Morgan fingerprint density at radius 1 is 1.10 bits per heavy atom. The molecule has 52 heavy (non-hydrogen) atoms. The molecule has 2 saturated heterocycles. The quantitative estimate of drug-likeness (QED) is 0.168. The molecule has 10 nitrogen and oxygen atoms in total. The SMILES string of the molecule is CC1C(c2ccccc2)=CC=CC1(COc1cc(OCc2cncc(C#N)c2)c(CN2CCCC[C@H]2C(=O)O)cc1Cl)OCCCN1CC[C@@H](O)C1. The van der Waals surface area contributed by atoms with Gasteiger partial charge in [0, 0.05) is 68.3 Å². The smallest absolute Gasteiger partial charge is 0.320 e. The Morgan fingerprint density at radius 2 is 1.94 bits per heavy atom. The number of carbonyl (C=O) groups is 1. The lowest BCUT2D eigenvalue weighted by Gasteiger charge is -2.40. The Bertz CT molecular complexity index is 1800. The summed E-state index contributed by atoms with van der Waals surface area (Å²) in [5, 5.41) is 29.7. The third kappa shape index (κ3) is 9.21. The molecule has 0 saturated carbocycles. The highest BCUT2D eigenvalue weighted by molar-refractivity contribution is 6.32. The minimum Gasteiger partial charge on any atom is -0.489 e. The zero-order valence-corrected chi connectivity index (χ0v) is 30.4. The van der Waals surface area contributed by atoms with E-state index in [1.165, 1.54) is 6.20 Å². The number of benzene rings is 2. The van der Waals surface area contributed by atoms with Crippen LogP contribution in [0.4, 0.5) is 0 Å². The Hall–Kier alpha value is -4.24. The molecule has 4 atom stereocenters. The summed E-state index contributed by atoms with van der Waals surface area (Å²) in [6, 6.07) is 17.1. The number of rotatable bonds is 15. The van der Waals surface area contributed by atoms with Gasteiger partial charge in [0.25, 0.3) is 0 Å². The number of carboxylic acids is 1. The van der Waals surface area contributed by atoms with Gasteiger partial charge in [-0.1, -0.05) is 67.4 Å². The molecule has 1 aromatic heterocycles. The van der Waals surface area contributed by atoms with Gasteiger partial charge in [-0.25, -0.2) is 0 Å². The second-order valence-electron chi connectivity index (χ2n) is 14.0. The van der Waals surface area contributed by atoms with Crippen molar-refractivity contribution >= 4 is 23.1 Å². The Kier molecular flexibility index (Phi) is 12.6. The van der Waals surface area contributed by atoms with Crippen LogP contribution in [-0.4, -0.2) is 88.1 Å². The van der Waals surface area contributed by atoms with E-state index < -0.39 is 17.6 Å². The second kappa shape index (κ2) is 17.5. The number of halogens is 1. The number of aliphatic hydroxyl groups excluding tert-OH is 1. The molecule has 3 aromatic rings. The van der Waals surface area contributed by atoms with Crippen LogP contribution >= 0.6 is 11.6 Å². The highest BCUT2D eigenvalue weighted by Crippen LogP contribution is 2.41. The van der Waals surface area contributed by atoms with Crippen molar-refractivity contribution in [3.05, 3.63) is 106 Å². The molecule has 11 heteroatoms. The summed E-state index contributed by atoms with van der Waals surface area (Å²) in [5.41, 5.74) is 3.35. The van der Waals surface area contributed by atoms with E-state index in [0.29, 0.717) is 54.7 Å². The van der Waals surface area contributed by atoms with E-state index >= 15 is 0 Å². The number of hydrogen-bond donors (Lipinski definition) is 2. The number of aliphatic hydroxyl groups is 1. The molecule has 2 unspecified atom stereocenters. The highest BCUT2D eigenvalue weighted by Gasteiger charge is 2.40. The van der Waals surface area contributed by atoms with E-state index in [9.17, 15) is 20.3 Å². The summed E-state index contributed by atoms with van der Waals surface area (Å²) in [7, 11) is 0. The largest absolute Gasteiger partial charge is 0.489 e. The van der Waals surface area contributed by atoms with Crippen molar-refractivity contribution < 1.29 is 29.2 Å². The molecule has 2 aromatic carbocycles. The minimum atomic E-state index is -0.838. The summed E-state index contributed by atoms with van der Waals surface area (Å²) in [5.74, 6) is 0.0308. The molecular weight excluding hydrogens is 680 g/mol. The Morgan fingerprint density at radius 3 is 2.71 bits per heavy atom. The number of aromatic nitrogens is 1. The van der Waals surface area contributed by atoms with Crippen LogP contribution in [0, 0.1) is 17.2 Å². The van der Waals surface area contributed by atoms with Gasteiger partial charge in [-0.3, -0.25) is 14.7 Å². The number of nitrogens with zero attached hydrogens (tertiary/aromatic N) is 4. The van der Waals surface area contributed by atoms with Gasteiger partial charge in [0.1, 0.15) is 42.4 Å². The lowest BCUT2D eigenvalue weighted by Crippen LogP contribution is -2.45. The predicted molar refractivity (Wildman–Crippen MR) is 199 cm³/mol. The predicted octanol–water partition coefficient (Wildman–Crippen LogP) is 6.51. The molecule has 2 fully saturated rings. The molecule has 0 radical (unpaired) electrons. The van der Waals surface area contributed by atoms with Gasteiger partial charge in [-0.2, -0.15) is 5.26 Å². The lowest BCUT2D eigenvalue weighted by atomic mass is 9.77. The number of aliphatic carboxylic acids is 1. The zero-order chi connectivity index (χ0) is 36.5. The second-order valence-corrected chi connectivity index (χ2v) is 14.4. The number of hydrogen-bond acceptors (Lipinski definition) is 9. The average Bonchev–Trinajstić information content (AvgIpc) is 3.58. The van der Waals surface area contributed by atoms with Crippen molar-refractivity contribution in [2.75, 3.05) is 39.4 Å². The highest BCUT2D eigenvalue weighted by atomic mass is 35.5. The number of likely N-dealkylation sites (tertiary alicyclic amines) is 2. The molecule has 3 aliphatic rings. The zero-order valence-electron chi connectivity index (χ0n) is 29.6. The summed E-state index contributed by atoms with van der Waals surface area (Å²) in [6.45, 7) is 6.40. The molecule has 6 rings (SSSR count). The number of β-amino-alcohol motifs (C(OH)–C–C–N with tert-alkyl or cyclic N) is 1. The van der Waals surface area contributed by atoms with Crippen LogP contribution in [0.15, 0.2) is 79.2 Å². The number of ether oxygens (including phenoxy) is 3. The van der Waals surface area contributed by atoms with Gasteiger partial charge in [0.15, 0.2) is 0 Å². The van der Waals surface area contributed by atoms with E-state index in [1.54, 1.807) is 24.4 Å². The van der Waals surface area contributed by atoms with E-state index in [1.807, 2.05) is 29.2 Å². The van der Waals surface area contributed by atoms with Gasteiger partial charge >= 0.3 is 5.97 Å². The first kappa shape index (κ1) is 37.5. The van der Waals surface area contributed by atoms with Crippen LogP contribution in [0.3, 0.4) is 0 Å². The van der Waals surface area contributed by atoms with Crippen LogP contribution in [0.25, 0.3) is 5.57 Å². The molecule has 2 aliphatic heterocycles. The maximum Gasteiger partial charge on any atom is 0.320 e. The van der Waals surface area contributed by atoms with Crippen molar-refractivity contribution in [1.29, 1.82) is 5.26 Å². The molecule has 2 N–H and O–H groups in total. The molecule has 274 valence electrons. The summed E-state index contributed by atoms with van der Waals surface area (Å²) >= 11 is 6.95. The normalized spacial score (nSPS) is 23.6. The van der Waals surface area contributed by atoms with Crippen molar-refractivity contribution in [2.24, 2.45) is 5.92 Å². The van der Waals surface area contributed by atoms with Crippen LogP contribution in [-0.2, 0) is 22.7 Å². The van der Waals surface area contributed by atoms with Gasteiger partial charge in [0.2, 0.25) is 0 Å². The molecule has 0 bridgehead atoms. The molecular formula is C41H47ClN4O6. The Balaban J connectivity index is 1.25. The third-order valence-electron chi connectivity index (χ3n) is 10.4. The summed E-state index contributed by atoms with van der Waals surface area (Å²) in [6.07, 6.45) is 13.1. The number of piperidine rings is 1. The molecule has 0 spiro atoms. The van der Waals surface area contributed by atoms with Crippen LogP contribution < -0.4 is 9.47 Å². The first-order valence-corrected chi connectivity index (χ1v) is 18.5. The Labute approximate surface area is 310 Å². The standard InChI is InChI=1S/C41H47ClN4O6/c1-29-35(32-9-3-2-4-10-32)11-7-14-41(29,52-18-8-15-45-17-13-34(47)26-45)28-51-39-21-38(50-27-31-19-30(22-43)23-44-24-31)33(20-36(39)42)25-46-16-6-5-12-37(46)40(48)49/h2-4,7,9-11,14,19-21,23-24,29,34,37,47H,5-6,8,12-13,15-18,25-28H2,1H3,(H,48,49)/t29?,34-,37+,41?/m1/s1. The van der Waals surface area contributed by atoms with Crippen LogP contribution in [0.1, 0.15) is 61.3 Å². The maximum atomic E-state index is 12.1. The summed E-state index contributed by atoms with van der Waals surface area (Å²) in [4.78, 5) is 20.5. The third-order valence-corrected chi connectivity index (χ3v) is 10.7. The maximum absolute atomic E-state index is 12.1. The van der Waals surface area contributed by atoms with E-state index in [0.717, 1.165) is 61.0 Å². The van der Waals surface area contributed by atoms with Crippen LogP contribution in [0.5, 0.6) is 11.5 Å². The van der Waals surface area contributed by atoms with E-state index in [4.69, 9.17) is 25.8 Å². The lowest BCUT2D eigenvalue weighted by molar-refractivity contribution is -0.144. The van der Waals surface area contributed by atoms with Gasteiger partial charge in [0.05, 0.1) is 16.7 Å². The number of carboxylic acid groups (broad SMARTS) is 1. The average molecular weight is 727 g/mol. The monoisotopic (exact) mass is 726 g/mol. The number of nitriles is 1. The fraction of sp³-hybridized carbons (Fsp3) is 0.439. The number of pyridine rings is 1. The van der Waals surface area contributed by atoms with Gasteiger partial charge in [-0.15, -0.1) is 0 Å². The molecule has 0 amide bonds. The van der Waals surface area contributed by atoms with E-state index in [2.05, 4.69) is 47.2 Å². The fourth-order valence-electron chi connectivity index (χ4n) is 7.40. The summed E-state index contributed by atoms with van der Waals surface area (Å²) < 4.78 is 19.7. The fourth-order valence-corrected chi connectivity index (χ4v) is 7.64. The number of allylic oxidation sites excluding steroid dienone is 2. The molecule has 3 heterocycles. The van der Waals surface area contributed by atoms with Crippen molar-refractivity contribution in [3.63, 3.8) is 0 Å². The van der Waals surface area contributed by atoms with Crippen molar-refractivity contribution in [3.8, 4) is 17.6 Å². The minimum absolute atomic E-state index is 0.0609. The molecule has 1 aliphatic carbocycles.